The molecule has 2 rings (SSSR count). The molecule has 31 heavy (non-hydrogen) atoms. The third-order valence-corrected chi connectivity index (χ3v) is 3.61. The van der Waals surface area contributed by atoms with Gasteiger partial charge in [0, 0.05) is 23.5 Å². The summed E-state index contributed by atoms with van der Waals surface area (Å²) in [6, 6.07) is 11.4. The van der Waals surface area contributed by atoms with Crippen molar-refractivity contribution in [3.63, 3.8) is 0 Å². The molecule has 0 fully saturated rings. The van der Waals surface area contributed by atoms with E-state index in [0.717, 1.165) is 12.2 Å². The molecule has 0 aliphatic carbocycles. The summed E-state index contributed by atoms with van der Waals surface area (Å²) in [7, 11) is 0. The number of hydrogen-bond acceptors (Lipinski definition) is 7. The van der Waals surface area contributed by atoms with Crippen LogP contribution in [0.5, 0.6) is 0 Å². The van der Waals surface area contributed by atoms with Gasteiger partial charge in [0.2, 0.25) is 5.91 Å². The van der Waals surface area contributed by atoms with E-state index in [2.05, 4.69) is 10.6 Å². The number of benzene rings is 2. The van der Waals surface area contributed by atoms with Gasteiger partial charge in [-0.25, -0.2) is 9.59 Å². The van der Waals surface area contributed by atoms with Crippen molar-refractivity contribution in [3.05, 3.63) is 60.2 Å². The Morgan fingerprint density at radius 2 is 1.52 bits per heavy atom. The monoisotopic (exact) mass is 426 g/mol. The number of nitrogens with one attached hydrogen (secondary N) is 2. The second-order valence-electron chi connectivity index (χ2n) is 7.61. The Morgan fingerprint density at radius 1 is 0.935 bits per heavy atom. The van der Waals surface area contributed by atoms with Crippen molar-refractivity contribution < 1.29 is 23.9 Å². The lowest BCUT2D eigenvalue weighted by molar-refractivity contribution is -0.139. The van der Waals surface area contributed by atoms with Gasteiger partial charge in [0.15, 0.2) is 0 Å². The lowest BCUT2D eigenvalue weighted by Gasteiger charge is -2.20. The summed E-state index contributed by atoms with van der Waals surface area (Å²) < 4.78 is 10.3. The van der Waals surface area contributed by atoms with Gasteiger partial charge in [-0.1, -0.05) is 12.1 Å². The molecule has 2 aromatic rings. The Balaban J connectivity index is 1.92. The van der Waals surface area contributed by atoms with E-state index < -0.39 is 23.6 Å². The molecule has 9 heteroatoms. The van der Waals surface area contributed by atoms with Crippen LogP contribution in [0, 0.1) is 0 Å². The van der Waals surface area contributed by atoms with E-state index in [1.807, 2.05) is 0 Å². The number of amides is 2. The molecule has 0 atom stereocenters. The molecule has 0 saturated heterocycles. The number of esters is 1. The van der Waals surface area contributed by atoms with E-state index in [-0.39, 0.29) is 6.61 Å². The molecule has 0 heterocycles. The number of ether oxygens (including phenoxy) is 2. The summed E-state index contributed by atoms with van der Waals surface area (Å²) in [6.45, 7) is 5.19. The first kappa shape index (κ1) is 23.3. The highest BCUT2D eigenvalue weighted by molar-refractivity contribution is 6.05. The van der Waals surface area contributed by atoms with Crippen molar-refractivity contribution in [2.75, 3.05) is 22.1 Å². The molecule has 2 amide bonds. The third kappa shape index (κ3) is 8.48. The van der Waals surface area contributed by atoms with Crippen molar-refractivity contribution >= 4 is 40.7 Å². The molecule has 2 aromatic carbocycles. The molecule has 0 radical (unpaired) electrons. The average molecular weight is 426 g/mol. The molecular formula is C22H26N4O5. The number of nitrogen functional groups attached to an aromatic ring is 2. The fourth-order valence-electron chi connectivity index (χ4n) is 2.46. The summed E-state index contributed by atoms with van der Waals surface area (Å²) in [5, 5.41) is 5.16. The molecule has 0 unspecified atom stereocenters. The van der Waals surface area contributed by atoms with Gasteiger partial charge in [-0.15, -0.1) is 0 Å². The van der Waals surface area contributed by atoms with Gasteiger partial charge < -0.3 is 26.3 Å². The zero-order chi connectivity index (χ0) is 23.0. The van der Waals surface area contributed by atoms with Gasteiger partial charge >= 0.3 is 12.1 Å². The Hall–Kier alpha value is -4.01. The number of rotatable bonds is 6. The summed E-state index contributed by atoms with van der Waals surface area (Å²) in [6.07, 6.45) is 1.37. The van der Waals surface area contributed by atoms with Gasteiger partial charge in [0.25, 0.3) is 0 Å². The summed E-state index contributed by atoms with van der Waals surface area (Å²) >= 11 is 0. The van der Waals surface area contributed by atoms with Crippen LogP contribution in [-0.2, 0) is 25.7 Å². The normalized spacial score (nSPS) is 11.1. The number of carbonyl (C=O) groups excluding carboxylic acids is 3. The summed E-state index contributed by atoms with van der Waals surface area (Å²) in [5.74, 6) is -1.29. The van der Waals surface area contributed by atoms with Crippen LogP contribution in [0.25, 0.3) is 0 Å². The predicted octanol–water partition coefficient (Wildman–Crippen LogP) is 3.44. The Bertz CT molecular complexity index is 975. The van der Waals surface area contributed by atoms with Crippen LogP contribution < -0.4 is 22.1 Å². The average Bonchev–Trinajstić information content (AvgIpc) is 2.64. The number of carbonyl (C=O) groups is 3. The zero-order valence-electron chi connectivity index (χ0n) is 17.6. The summed E-state index contributed by atoms with van der Waals surface area (Å²) in [5.41, 5.74) is 12.9. The van der Waals surface area contributed by atoms with Crippen LogP contribution in [0.2, 0.25) is 0 Å². The van der Waals surface area contributed by atoms with Crippen LogP contribution in [0.15, 0.2) is 54.6 Å². The standard InChI is InChI=1S/C22H26N4O5/c1-22(2,3)31-21(29)26-18-7-5-4-6-17(18)25-19(27)8-9-20(28)30-13-14-10-15(23)12-16(24)11-14/h4-12H,13,23-24H2,1-3H3,(H,25,27)(H,26,29)/b9-8+. The molecular weight excluding hydrogens is 400 g/mol. The Kier molecular flexibility index (Phi) is 7.62. The van der Waals surface area contributed by atoms with Crippen molar-refractivity contribution in [2.24, 2.45) is 0 Å². The Morgan fingerprint density at radius 3 is 2.10 bits per heavy atom. The number of anilines is 4. The molecule has 0 aliphatic heterocycles. The second-order valence-corrected chi connectivity index (χ2v) is 7.61. The molecule has 0 saturated carbocycles. The third-order valence-electron chi connectivity index (χ3n) is 3.61. The van der Waals surface area contributed by atoms with Crippen LogP contribution in [0.4, 0.5) is 27.5 Å². The largest absolute Gasteiger partial charge is 0.458 e. The summed E-state index contributed by atoms with van der Waals surface area (Å²) in [4.78, 5) is 36.0. The molecule has 6 N–H and O–H groups in total. The van der Waals surface area contributed by atoms with E-state index in [1.54, 1.807) is 63.2 Å². The van der Waals surface area contributed by atoms with Crippen LogP contribution in [-0.4, -0.2) is 23.6 Å². The van der Waals surface area contributed by atoms with Gasteiger partial charge in [-0.05, 0) is 56.7 Å². The number of hydrogen-bond donors (Lipinski definition) is 4. The molecule has 0 aromatic heterocycles. The molecule has 0 bridgehead atoms. The maximum atomic E-state index is 12.2. The topological polar surface area (TPSA) is 146 Å². The maximum absolute atomic E-state index is 12.2. The van der Waals surface area contributed by atoms with E-state index in [4.69, 9.17) is 20.9 Å². The minimum Gasteiger partial charge on any atom is -0.458 e. The highest BCUT2D eigenvalue weighted by Gasteiger charge is 2.17. The highest BCUT2D eigenvalue weighted by Crippen LogP contribution is 2.22. The van der Waals surface area contributed by atoms with Crippen LogP contribution in [0.3, 0.4) is 0 Å². The quantitative estimate of drug-likeness (QED) is 0.314. The first-order valence-electron chi connectivity index (χ1n) is 9.41. The minimum atomic E-state index is -0.712. The van der Waals surface area contributed by atoms with Crippen LogP contribution in [0.1, 0.15) is 26.3 Å². The molecule has 0 aliphatic rings. The SMILES string of the molecule is CC(C)(C)OC(=O)Nc1ccccc1NC(=O)/C=C/C(=O)OCc1cc(N)cc(N)c1. The molecule has 9 nitrogen and oxygen atoms in total. The Labute approximate surface area is 180 Å². The lowest BCUT2D eigenvalue weighted by Crippen LogP contribution is -2.27. The van der Waals surface area contributed by atoms with Crippen molar-refractivity contribution in [3.8, 4) is 0 Å². The predicted molar refractivity (Wildman–Crippen MR) is 119 cm³/mol. The first-order chi connectivity index (χ1) is 14.5. The first-order valence-corrected chi connectivity index (χ1v) is 9.41. The van der Waals surface area contributed by atoms with E-state index in [0.29, 0.717) is 28.3 Å². The van der Waals surface area contributed by atoms with Crippen molar-refractivity contribution in [1.82, 2.24) is 0 Å². The van der Waals surface area contributed by atoms with Gasteiger partial charge in [-0.3, -0.25) is 10.1 Å². The van der Waals surface area contributed by atoms with Gasteiger partial charge in [0.1, 0.15) is 12.2 Å². The smallest absolute Gasteiger partial charge is 0.412 e. The van der Waals surface area contributed by atoms with Crippen molar-refractivity contribution in [1.29, 1.82) is 0 Å². The second kappa shape index (κ2) is 10.1. The van der Waals surface area contributed by atoms with E-state index in [9.17, 15) is 14.4 Å². The van der Waals surface area contributed by atoms with Crippen molar-refractivity contribution in [2.45, 2.75) is 33.0 Å². The fraction of sp³-hybridized carbons (Fsp3) is 0.227. The zero-order valence-corrected chi connectivity index (χ0v) is 17.6. The number of para-hydroxylation sites is 2. The number of nitrogens with two attached hydrogens (primary N) is 2. The molecule has 0 spiro atoms. The lowest BCUT2D eigenvalue weighted by atomic mass is 10.2. The van der Waals surface area contributed by atoms with Gasteiger partial charge in [0.05, 0.1) is 11.4 Å². The fourth-order valence-corrected chi connectivity index (χ4v) is 2.46. The van der Waals surface area contributed by atoms with Crippen LogP contribution >= 0.6 is 0 Å². The minimum absolute atomic E-state index is 0.0390. The van der Waals surface area contributed by atoms with E-state index in [1.165, 1.54) is 0 Å². The highest BCUT2D eigenvalue weighted by atomic mass is 16.6. The van der Waals surface area contributed by atoms with E-state index >= 15 is 0 Å². The van der Waals surface area contributed by atoms with Gasteiger partial charge in [-0.2, -0.15) is 0 Å². The maximum Gasteiger partial charge on any atom is 0.412 e. The molecule has 164 valence electrons.